The van der Waals surface area contributed by atoms with Crippen LogP contribution in [-0.2, 0) is 0 Å². The summed E-state index contributed by atoms with van der Waals surface area (Å²) in [6.45, 7) is 0. The van der Waals surface area contributed by atoms with Crippen LogP contribution in [0.25, 0.3) is 102 Å². The first kappa shape index (κ1) is 33.8. The van der Waals surface area contributed by atoms with E-state index in [1.807, 2.05) is 17.4 Å². The Morgan fingerprint density at radius 3 is 1.85 bits per heavy atom. The van der Waals surface area contributed by atoms with Gasteiger partial charge in [0, 0.05) is 58.2 Å². The van der Waals surface area contributed by atoms with Crippen molar-refractivity contribution in [2.24, 2.45) is 9.98 Å². The van der Waals surface area contributed by atoms with Crippen molar-refractivity contribution in [2.45, 2.75) is 6.17 Å². The molecule has 1 N–H and O–H groups in total. The number of para-hydroxylation sites is 4. The highest BCUT2D eigenvalue weighted by molar-refractivity contribution is 7.25. The molecule has 9 aromatic carbocycles. The molecule has 1 atom stereocenters. The van der Waals surface area contributed by atoms with Gasteiger partial charge < -0.3 is 14.3 Å². The van der Waals surface area contributed by atoms with Gasteiger partial charge in [-0.1, -0.05) is 127 Å². The molecule has 0 amide bonds. The number of fused-ring (bicyclic) bond motifs is 13. The Balaban J connectivity index is 1.08. The molecule has 14 rings (SSSR count). The van der Waals surface area contributed by atoms with Crippen LogP contribution in [0.4, 0.5) is 0 Å². The topological polar surface area (TPSA) is 59.8 Å². The first-order valence-corrected chi connectivity index (χ1v) is 21.7. The number of furan rings is 1. The Bertz CT molecular complexity index is 4050. The van der Waals surface area contributed by atoms with Crippen LogP contribution < -0.4 is 5.32 Å². The third-order valence-corrected chi connectivity index (χ3v) is 13.9. The van der Waals surface area contributed by atoms with E-state index in [1.54, 1.807) is 0 Å². The van der Waals surface area contributed by atoms with E-state index >= 15 is 0 Å². The Kier molecular flexibility index (Phi) is 6.95. The predicted molar refractivity (Wildman–Crippen MR) is 260 cm³/mol. The smallest absolute Gasteiger partial charge is 0.211 e. The quantitative estimate of drug-likeness (QED) is 0.193. The molecule has 1 unspecified atom stereocenters. The van der Waals surface area contributed by atoms with Gasteiger partial charge >= 0.3 is 0 Å². The zero-order valence-electron chi connectivity index (χ0n) is 33.1. The van der Waals surface area contributed by atoms with E-state index in [4.69, 9.17) is 14.4 Å². The molecule has 0 bridgehead atoms. The van der Waals surface area contributed by atoms with Gasteiger partial charge in [0.25, 0.3) is 0 Å². The molecule has 290 valence electrons. The van der Waals surface area contributed by atoms with Gasteiger partial charge in [0.15, 0.2) is 12.0 Å². The number of hydrogen-bond acceptors (Lipinski definition) is 5. The second kappa shape index (κ2) is 12.8. The number of nitrogens with one attached hydrogen (secondary N) is 1. The summed E-state index contributed by atoms with van der Waals surface area (Å²) in [7, 11) is 0. The van der Waals surface area contributed by atoms with Crippen LogP contribution >= 0.6 is 11.3 Å². The summed E-state index contributed by atoms with van der Waals surface area (Å²) in [6, 6.07) is 67.2. The fourth-order valence-electron chi connectivity index (χ4n) is 10.0. The summed E-state index contributed by atoms with van der Waals surface area (Å²) in [5, 5.41) is 15.7. The lowest BCUT2D eigenvalue weighted by Gasteiger charge is -2.27. The Labute approximate surface area is 357 Å². The van der Waals surface area contributed by atoms with Crippen molar-refractivity contribution in [3.05, 3.63) is 199 Å². The van der Waals surface area contributed by atoms with Crippen molar-refractivity contribution in [1.29, 1.82) is 0 Å². The van der Waals surface area contributed by atoms with Gasteiger partial charge in [-0.25, -0.2) is 4.99 Å². The summed E-state index contributed by atoms with van der Waals surface area (Å²) in [6.07, 6.45) is -0.541. The molecule has 1 aliphatic rings. The molecule has 13 aromatic rings. The van der Waals surface area contributed by atoms with Crippen LogP contribution in [0.2, 0.25) is 0 Å². The summed E-state index contributed by atoms with van der Waals surface area (Å²) in [5.41, 5.74) is 9.05. The summed E-state index contributed by atoms with van der Waals surface area (Å²) in [5.74, 6) is 1.38. The molecule has 0 saturated heterocycles. The standard InChI is InChI=1S/C55H33N5OS/c1-2-14-33-30-46-42(29-32(33)13-1)37-17-5-8-20-43(37)59(46)52-41(27-28-48-51(52)40-19-6-11-23-47(40)61-48)54-56-53(34-25-26-39-38-18-7-12-24-49(38)62-50(39)31-34)57-55(58-54)60-44-21-9-3-15-35(44)36-16-4-10-22-45(36)60/h1-31,54H,(H,56,57,58). The number of benzene rings is 9. The third-order valence-electron chi connectivity index (χ3n) is 12.8. The van der Waals surface area contributed by atoms with Crippen LogP contribution in [-0.4, -0.2) is 20.9 Å². The molecule has 5 heterocycles. The van der Waals surface area contributed by atoms with Crippen molar-refractivity contribution in [2.75, 3.05) is 0 Å². The first-order valence-electron chi connectivity index (χ1n) is 20.9. The SMILES string of the molecule is c1ccc2cc3c(cc2c1)c1ccccc1n3-c1c(C2N=C(c3ccc4c(c3)sc3ccccc34)N=C(n3c4ccccc4c4ccccc43)N2)ccc2oc3ccccc3c12. The molecule has 0 aliphatic carbocycles. The van der Waals surface area contributed by atoms with E-state index in [2.05, 4.69) is 196 Å². The third kappa shape index (κ3) is 4.79. The van der Waals surface area contributed by atoms with Crippen LogP contribution in [0.3, 0.4) is 0 Å². The van der Waals surface area contributed by atoms with E-state index in [0.717, 1.165) is 60.8 Å². The number of hydrogen-bond donors (Lipinski definition) is 1. The van der Waals surface area contributed by atoms with E-state index in [9.17, 15) is 0 Å². The zero-order chi connectivity index (χ0) is 40.5. The molecule has 0 radical (unpaired) electrons. The highest BCUT2D eigenvalue weighted by Crippen LogP contribution is 2.44. The predicted octanol–water partition coefficient (Wildman–Crippen LogP) is 14.3. The second-order valence-corrected chi connectivity index (χ2v) is 17.2. The van der Waals surface area contributed by atoms with E-state index in [-0.39, 0.29) is 0 Å². The maximum absolute atomic E-state index is 6.66. The number of aromatic nitrogens is 2. The molecule has 6 nitrogen and oxygen atoms in total. The lowest BCUT2D eigenvalue weighted by atomic mass is 10.0. The first-order chi connectivity index (χ1) is 30.7. The van der Waals surface area contributed by atoms with Crippen LogP contribution in [0.15, 0.2) is 202 Å². The maximum Gasteiger partial charge on any atom is 0.211 e. The molecule has 0 fully saturated rings. The highest BCUT2D eigenvalue weighted by Gasteiger charge is 2.30. The summed E-state index contributed by atoms with van der Waals surface area (Å²) < 4.78 is 13.9. The van der Waals surface area contributed by atoms with Crippen LogP contribution in [0.5, 0.6) is 0 Å². The number of amidine groups is 1. The molecular weight excluding hydrogens is 779 g/mol. The molecule has 0 saturated carbocycles. The Morgan fingerprint density at radius 1 is 0.468 bits per heavy atom. The highest BCUT2D eigenvalue weighted by atomic mass is 32.1. The second-order valence-electron chi connectivity index (χ2n) is 16.2. The lowest BCUT2D eigenvalue weighted by Crippen LogP contribution is -2.37. The summed E-state index contributed by atoms with van der Waals surface area (Å²) in [4.78, 5) is 11.1. The van der Waals surface area contributed by atoms with Crippen LogP contribution in [0, 0.1) is 0 Å². The average molecular weight is 812 g/mol. The van der Waals surface area contributed by atoms with E-state index in [1.165, 1.54) is 52.5 Å². The van der Waals surface area contributed by atoms with Crippen molar-refractivity contribution in [3.8, 4) is 5.69 Å². The average Bonchev–Trinajstić information content (AvgIpc) is 4.08. The fraction of sp³-hybridized carbons (Fsp3) is 0.0182. The number of thiophene rings is 1. The Morgan fingerprint density at radius 2 is 1.08 bits per heavy atom. The number of aliphatic imine (C=N–C) groups is 2. The summed E-state index contributed by atoms with van der Waals surface area (Å²) >= 11 is 1.81. The van der Waals surface area contributed by atoms with Gasteiger partial charge in [-0.2, -0.15) is 4.99 Å². The van der Waals surface area contributed by atoms with Crippen LogP contribution in [0.1, 0.15) is 17.3 Å². The van der Waals surface area contributed by atoms with Gasteiger partial charge in [-0.05, 0) is 71.4 Å². The van der Waals surface area contributed by atoms with E-state index in [0.29, 0.717) is 11.8 Å². The zero-order valence-corrected chi connectivity index (χ0v) is 33.9. The number of rotatable bonds is 3. The molecule has 0 spiro atoms. The normalized spacial score (nSPS) is 14.6. The molecule has 4 aromatic heterocycles. The largest absolute Gasteiger partial charge is 0.456 e. The molecule has 7 heteroatoms. The fourth-order valence-corrected chi connectivity index (χ4v) is 11.2. The van der Waals surface area contributed by atoms with Crippen molar-refractivity contribution in [3.63, 3.8) is 0 Å². The van der Waals surface area contributed by atoms with Crippen molar-refractivity contribution >= 4 is 120 Å². The van der Waals surface area contributed by atoms with Crippen molar-refractivity contribution in [1.82, 2.24) is 14.5 Å². The molecule has 1 aliphatic heterocycles. The van der Waals surface area contributed by atoms with Gasteiger partial charge in [-0.15, -0.1) is 11.3 Å². The number of nitrogens with zero attached hydrogens (tertiary/aromatic N) is 4. The van der Waals surface area contributed by atoms with E-state index < -0.39 is 6.17 Å². The maximum atomic E-state index is 6.66. The Hall–Kier alpha value is -8.00. The van der Waals surface area contributed by atoms with Gasteiger partial charge in [0.1, 0.15) is 11.2 Å². The van der Waals surface area contributed by atoms with Crippen molar-refractivity contribution < 1.29 is 4.42 Å². The molecular formula is C55H33N5OS. The van der Waals surface area contributed by atoms with Gasteiger partial charge in [0.2, 0.25) is 5.96 Å². The lowest BCUT2D eigenvalue weighted by molar-refractivity contribution is 0.654. The monoisotopic (exact) mass is 811 g/mol. The van der Waals surface area contributed by atoms with Gasteiger partial charge in [-0.3, -0.25) is 4.57 Å². The minimum absolute atomic E-state index is 0.541. The minimum Gasteiger partial charge on any atom is -0.456 e. The van der Waals surface area contributed by atoms with Gasteiger partial charge in [0.05, 0.1) is 33.1 Å². The molecule has 62 heavy (non-hydrogen) atoms. The minimum atomic E-state index is -0.541.